The average molecular weight is 238 g/mol. The lowest BCUT2D eigenvalue weighted by atomic mass is 9.84. The molecule has 2 heteroatoms. The van der Waals surface area contributed by atoms with Crippen molar-refractivity contribution in [2.45, 2.75) is 71.5 Å². The summed E-state index contributed by atoms with van der Waals surface area (Å²) in [7, 11) is 2.26. The van der Waals surface area contributed by atoms with Crippen molar-refractivity contribution in [1.82, 2.24) is 10.2 Å². The molecule has 1 heterocycles. The maximum absolute atomic E-state index is 3.98. The van der Waals surface area contributed by atoms with E-state index in [1.165, 1.54) is 32.2 Å². The molecule has 4 unspecified atom stereocenters. The molecule has 1 aliphatic heterocycles. The minimum atomic E-state index is 0.506. The lowest BCUT2D eigenvalue weighted by Crippen LogP contribution is -2.54. The second kappa shape index (κ2) is 4.89. The lowest BCUT2D eigenvalue weighted by molar-refractivity contribution is 0.104. The number of nitrogens with one attached hydrogen (secondary N) is 1. The molecule has 17 heavy (non-hydrogen) atoms. The Morgan fingerprint density at radius 3 is 2.53 bits per heavy atom. The Balaban J connectivity index is 1.94. The molecule has 1 N–H and O–H groups in total. The van der Waals surface area contributed by atoms with Gasteiger partial charge in [-0.15, -0.1) is 0 Å². The van der Waals surface area contributed by atoms with E-state index in [1.807, 2.05) is 0 Å². The van der Waals surface area contributed by atoms with Crippen molar-refractivity contribution >= 4 is 0 Å². The number of rotatable bonds is 2. The van der Waals surface area contributed by atoms with E-state index in [-0.39, 0.29) is 0 Å². The van der Waals surface area contributed by atoms with Crippen molar-refractivity contribution in [2.24, 2.45) is 11.3 Å². The first-order valence-electron chi connectivity index (χ1n) is 7.36. The molecule has 0 aromatic heterocycles. The van der Waals surface area contributed by atoms with Crippen molar-refractivity contribution in [3.05, 3.63) is 0 Å². The summed E-state index contributed by atoms with van der Waals surface area (Å²) in [5.41, 5.74) is 0.506. The first-order chi connectivity index (χ1) is 7.90. The van der Waals surface area contributed by atoms with E-state index in [2.05, 4.69) is 45.0 Å². The molecule has 1 aliphatic carbocycles. The molecule has 0 aromatic carbocycles. The number of hydrogen-bond acceptors (Lipinski definition) is 2. The molecular weight excluding hydrogens is 208 g/mol. The molecular formula is C15H30N2. The quantitative estimate of drug-likeness (QED) is 0.796. The SMILES string of the molecule is CC1CN(C)C(C)CC1NC1CCCC1(C)C. The zero-order valence-electron chi connectivity index (χ0n) is 12.3. The van der Waals surface area contributed by atoms with Gasteiger partial charge in [0.15, 0.2) is 0 Å². The fourth-order valence-corrected chi connectivity index (χ4v) is 3.67. The minimum absolute atomic E-state index is 0.506. The lowest BCUT2D eigenvalue weighted by Gasteiger charge is -2.43. The number of likely N-dealkylation sites (tertiary alicyclic amines) is 1. The average Bonchev–Trinajstić information content (AvgIpc) is 2.55. The topological polar surface area (TPSA) is 15.3 Å². The normalized spacial score (nSPS) is 42.9. The van der Waals surface area contributed by atoms with E-state index in [9.17, 15) is 0 Å². The highest BCUT2D eigenvalue weighted by Crippen LogP contribution is 2.38. The Morgan fingerprint density at radius 1 is 1.24 bits per heavy atom. The van der Waals surface area contributed by atoms with E-state index < -0.39 is 0 Å². The van der Waals surface area contributed by atoms with E-state index >= 15 is 0 Å². The Hall–Kier alpha value is -0.0800. The molecule has 0 aromatic rings. The van der Waals surface area contributed by atoms with Gasteiger partial charge in [0.2, 0.25) is 0 Å². The molecule has 2 fully saturated rings. The van der Waals surface area contributed by atoms with Gasteiger partial charge in [-0.3, -0.25) is 0 Å². The Kier molecular flexibility index (Phi) is 3.84. The van der Waals surface area contributed by atoms with Gasteiger partial charge in [-0.25, -0.2) is 0 Å². The molecule has 4 atom stereocenters. The van der Waals surface area contributed by atoms with Gasteiger partial charge in [-0.1, -0.05) is 27.2 Å². The summed E-state index contributed by atoms with van der Waals surface area (Å²) in [6.07, 6.45) is 5.48. The standard InChI is InChI=1S/C15H30N2/c1-11-10-17(5)12(2)9-13(11)16-14-7-6-8-15(14,3)4/h11-14,16H,6-10H2,1-5H3. The van der Waals surface area contributed by atoms with Crippen LogP contribution >= 0.6 is 0 Å². The number of hydrogen-bond donors (Lipinski definition) is 1. The second-order valence-electron chi connectivity index (χ2n) is 7.21. The van der Waals surface area contributed by atoms with Crippen molar-refractivity contribution < 1.29 is 0 Å². The first kappa shape index (κ1) is 13.4. The van der Waals surface area contributed by atoms with Gasteiger partial charge in [0.25, 0.3) is 0 Å². The van der Waals surface area contributed by atoms with E-state index in [4.69, 9.17) is 0 Å². The zero-order valence-corrected chi connectivity index (χ0v) is 12.3. The highest BCUT2D eigenvalue weighted by atomic mass is 15.2. The van der Waals surface area contributed by atoms with Gasteiger partial charge in [-0.05, 0) is 44.6 Å². The molecule has 1 saturated heterocycles. The van der Waals surface area contributed by atoms with Gasteiger partial charge in [0.05, 0.1) is 0 Å². The molecule has 0 radical (unpaired) electrons. The molecule has 2 aliphatic rings. The van der Waals surface area contributed by atoms with Crippen molar-refractivity contribution in [2.75, 3.05) is 13.6 Å². The Bertz CT molecular complexity index is 262. The van der Waals surface area contributed by atoms with Gasteiger partial charge in [0.1, 0.15) is 0 Å². The fourth-order valence-electron chi connectivity index (χ4n) is 3.67. The van der Waals surface area contributed by atoms with Gasteiger partial charge < -0.3 is 10.2 Å². The molecule has 2 rings (SSSR count). The maximum Gasteiger partial charge on any atom is 0.0122 e. The highest BCUT2D eigenvalue weighted by molar-refractivity contribution is 4.95. The van der Waals surface area contributed by atoms with E-state index in [0.717, 1.165) is 24.0 Å². The van der Waals surface area contributed by atoms with Crippen molar-refractivity contribution in [3.8, 4) is 0 Å². The van der Waals surface area contributed by atoms with Crippen LogP contribution in [-0.2, 0) is 0 Å². The maximum atomic E-state index is 3.98. The summed E-state index contributed by atoms with van der Waals surface area (Å²) >= 11 is 0. The predicted molar refractivity (Wildman–Crippen MR) is 74.2 cm³/mol. The molecule has 2 nitrogen and oxygen atoms in total. The number of nitrogens with zero attached hydrogens (tertiary/aromatic N) is 1. The van der Waals surface area contributed by atoms with Crippen LogP contribution in [0.1, 0.15) is 53.4 Å². The summed E-state index contributed by atoms with van der Waals surface area (Å²) in [4.78, 5) is 2.50. The summed E-state index contributed by atoms with van der Waals surface area (Å²) < 4.78 is 0. The molecule has 1 saturated carbocycles. The third-order valence-electron chi connectivity index (χ3n) is 5.28. The third-order valence-corrected chi connectivity index (χ3v) is 5.28. The monoisotopic (exact) mass is 238 g/mol. The van der Waals surface area contributed by atoms with Crippen LogP contribution in [0.25, 0.3) is 0 Å². The van der Waals surface area contributed by atoms with Crippen molar-refractivity contribution in [1.29, 1.82) is 0 Å². The summed E-state index contributed by atoms with van der Waals surface area (Å²) in [6, 6.07) is 2.20. The van der Waals surface area contributed by atoms with Gasteiger partial charge in [0, 0.05) is 24.7 Å². The molecule has 0 amide bonds. The largest absolute Gasteiger partial charge is 0.310 e. The van der Waals surface area contributed by atoms with Gasteiger partial charge in [-0.2, -0.15) is 0 Å². The van der Waals surface area contributed by atoms with Crippen LogP contribution in [0.2, 0.25) is 0 Å². The molecule has 0 spiro atoms. The molecule has 100 valence electrons. The summed E-state index contributed by atoms with van der Waals surface area (Å²) in [5.74, 6) is 0.785. The smallest absolute Gasteiger partial charge is 0.0122 e. The highest BCUT2D eigenvalue weighted by Gasteiger charge is 2.38. The van der Waals surface area contributed by atoms with Gasteiger partial charge >= 0.3 is 0 Å². The van der Waals surface area contributed by atoms with Crippen molar-refractivity contribution in [3.63, 3.8) is 0 Å². The van der Waals surface area contributed by atoms with E-state index in [1.54, 1.807) is 0 Å². The van der Waals surface area contributed by atoms with Crippen LogP contribution in [0.15, 0.2) is 0 Å². The zero-order chi connectivity index (χ0) is 12.6. The van der Waals surface area contributed by atoms with Crippen LogP contribution in [0.5, 0.6) is 0 Å². The van der Waals surface area contributed by atoms with Crippen LogP contribution in [0.4, 0.5) is 0 Å². The Morgan fingerprint density at radius 2 is 1.94 bits per heavy atom. The number of piperidine rings is 1. The molecule has 0 bridgehead atoms. The third kappa shape index (κ3) is 2.85. The Labute approximate surface area is 107 Å². The first-order valence-corrected chi connectivity index (χ1v) is 7.36. The van der Waals surface area contributed by atoms with Crippen LogP contribution in [0.3, 0.4) is 0 Å². The van der Waals surface area contributed by atoms with Crippen LogP contribution in [0, 0.1) is 11.3 Å². The van der Waals surface area contributed by atoms with Crippen LogP contribution < -0.4 is 5.32 Å². The fraction of sp³-hybridized carbons (Fsp3) is 1.00. The summed E-state index contributed by atoms with van der Waals surface area (Å²) in [6.45, 7) is 10.9. The second-order valence-corrected chi connectivity index (χ2v) is 7.21. The van der Waals surface area contributed by atoms with Crippen LogP contribution in [-0.4, -0.2) is 36.6 Å². The summed E-state index contributed by atoms with van der Waals surface area (Å²) in [5, 5.41) is 3.98. The predicted octanol–water partition coefficient (Wildman–Crippen LogP) is 2.88. The minimum Gasteiger partial charge on any atom is -0.310 e. The van der Waals surface area contributed by atoms with E-state index in [0.29, 0.717) is 5.41 Å².